The summed E-state index contributed by atoms with van der Waals surface area (Å²) in [7, 11) is 0. The Hall–Kier alpha value is -0.290. The number of halogens is 3. The monoisotopic (exact) mass is 296 g/mol. The number of rotatable bonds is 5. The summed E-state index contributed by atoms with van der Waals surface area (Å²) in [6, 6.07) is 4.96. The molecule has 0 aliphatic rings. The minimum atomic E-state index is -2.79. The topological polar surface area (TPSA) is 9.23 Å². The SMILES string of the molecule is FC(F)Oc1cccc(S)c1CCCBr. The molecule has 0 bridgehead atoms. The zero-order valence-corrected chi connectivity index (χ0v) is 10.4. The molecule has 0 aromatic heterocycles. The van der Waals surface area contributed by atoms with Crippen LogP contribution in [-0.4, -0.2) is 11.9 Å². The molecule has 1 rings (SSSR count). The van der Waals surface area contributed by atoms with Gasteiger partial charge in [0.1, 0.15) is 5.75 Å². The summed E-state index contributed by atoms with van der Waals surface area (Å²) in [5.41, 5.74) is 0.737. The van der Waals surface area contributed by atoms with Gasteiger partial charge in [-0.1, -0.05) is 22.0 Å². The molecule has 0 saturated heterocycles. The molecule has 0 N–H and O–H groups in total. The maximum absolute atomic E-state index is 12.1. The van der Waals surface area contributed by atoms with Crippen LogP contribution in [0.2, 0.25) is 0 Å². The summed E-state index contributed by atoms with van der Waals surface area (Å²) in [6.07, 6.45) is 1.53. The molecular weight excluding hydrogens is 286 g/mol. The average molecular weight is 297 g/mol. The van der Waals surface area contributed by atoms with Crippen LogP contribution in [0, 0.1) is 0 Å². The molecule has 0 aliphatic carbocycles. The average Bonchev–Trinajstić information content (AvgIpc) is 2.16. The van der Waals surface area contributed by atoms with Crippen molar-refractivity contribution in [3.05, 3.63) is 23.8 Å². The number of benzene rings is 1. The molecule has 0 aliphatic heterocycles. The lowest BCUT2D eigenvalue weighted by Crippen LogP contribution is -2.05. The first-order chi connectivity index (χ1) is 7.15. The van der Waals surface area contributed by atoms with Crippen LogP contribution in [-0.2, 0) is 6.42 Å². The van der Waals surface area contributed by atoms with Gasteiger partial charge in [0.2, 0.25) is 0 Å². The van der Waals surface area contributed by atoms with Crippen LogP contribution in [0.3, 0.4) is 0 Å². The lowest BCUT2D eigenvalue weighted by molar-refractivity contribution is -0.0506. The molecule has 0 fully saturated rings. The lowest BCUT2D eigenvalue weighted by Gasteiger charge is -2.12. The fourth-order valence-electron chi connectivity index (χ4n) is 1.26. The normalized spacial score (nSPS) is 10.7. The minimum Gasteiger partial charge on any atom is -0.435 e. The molecule has 0 amide bonds. The van der Waals surface area contributed by atoms with E-state index in [2.05, 4.69) is 33.3 Å². The third kappa shape index (κ3) is 3.99. The van der Waals surface area contributed by atoms with E-state index in [-0.39, 0.29) is 5.75 Å². The van der Waals surface area contributed by atoms with E-state index in [0.29, 0.717) is 11.3 Å². The molecule has 1 nitrogen and oxygen atoms in total. The molecule has 5 heteroatoms. The predicted molar refractivity (Wildman–Crippen MR) is 62.4 cm³/mol. The van der Waals surface area contributed by atoms with Crippen LogP contribution in [0.5, 0.6) is 5.75 Å². The van der Waals surface area contributed by atoms with Crippen LogP contribution in [0.1, 0.15) is 12.0 Å². The largest absolute Gasteiger partial charge is 0.435 e. The van der Waals surface area contributed by atoms with E-state index in [1.807, 2.05) is 0 Å². The van der Waals surface area contributed by atoms with Crippen molar-refractivity contribution in [2.45, 2.75) is 24.3 Å². The Kier molecular flexibility index (Phi) is 5.39. The molecule has 0 heterocycles. The van der Waals surface area contributed by atoms with Crippen LogP contribution in [0.25, 0.3) is 0 Å². The van der Waals surface area contributed by atoms with E-state index in [9.17, 15) is 8.78 Å². The second kappa shape index (κ2) is 6.33. The second-order valence-electron chi connectivity index (χ2n) is 2.92. The van der Waals surface area contributed by atoms with Gasteiger partial charge < -0.3 is 4.74 Å². The highest BCUT2D eigenvalue weighted by atomic mass is 79.9. The smallest absolute Gasteiger partial charge is 0.387 e. The molecule has 0 unspecified atom stereocenters. The van der Waals surface area contributed by atoms with Crippen LogP contribution >= 0.6 is 28.6 Å². The van der Waals surface area contributed by atoms with E-state index < -0.39 is 6.61 Å². The van der Waals surface area contributed by atoms with Crippen molar-refractivity contribution in [1.29, 1.82) is 0 Å². The summed E-state index contributed by atoms with van der Waals surface area (Å²) in [5, 5.41) is 0.823. The fraction of sp³-hybridized carbons (Fsp3) is 0.400. The Morgan fingerprint density at radius 2 is 2.13 bits per heavy atom. The summed E-state index contributed by atoms with van der Waals surface area (Å²) in [5.74, 6) is 0.221. The quantitative estimate of drug-likeness (QED) is 0.640. The standard InChI is InChI=1S/C10H11BrF2OS/c11-6-2-3-7-8(14-10(12)13)4-1-5-9(7)15/h1,4-5,10,15H,2-3,6H2. The van der Waals surface area contributed by atoms with Crippen molar-refractivity contribution in [2.24, 2.45) is 0 Å². The lowest BCUT2D eigenvalue weighted by atomic mass is 10.1. The van der Waals surface area contributed by atoms with Gasteiger partial charge in [-0.25, -0.2) is 0 Å². The van der Waals surface area contributed by atoms with Gasteiger partial charge in [-0.2, -0.15) is 8.78 Å². The van der Waals surface area contributed by atoms with E-state index in [4.69, 9.17) is 0 Å². The van der Waals surface area contributed by atoms with Gasteiger partial charge in [-0.15, -0.1) is 12.6 Å². The van der Waals surface area contributed by atoms with Crippen LogP contribution in [0.15, 0.2) is 23.1 Å². The first-order valence-electron chi connectivity index (χ1n) is 4.46. The van der Waals surface area contributed by atoms with Crippen molar-refractivity contribution < 1.29 is 13.5 Å². The second-order valence-corrected chi connectivity index (χ2v) is 4.20. The molecule has 15 heavy (non-hydrogen) atoms. The Morgan fingerprint density at radius 1 is 1.40 bits per heavy atom. The molecule has 84 valence electrons. The molecule has 1 aromatic carbocycles. The van der Waals surface area contributed by atoms with Crippen molar-refractivity contribution in [3.63, 3.8) is 0 Å². The fourth-order valence-corrected chi connectivity index (χ4v) is 1.84. The maximum Gasteiger partial charge on any atom is 0.387 e. The highest BCUT2D eigenvalue weighted by Gasteiger charge is 2.11. The number of thiol groups is 1. The van der Waals surface area contributed by atoms with E-state index in [0.717, 1.165) is 17.3 Å². The zero-order valence-electron chi connectivity index (χ0n) is 7.92. The van der Waals surface area contributed by atoms with Crippen molar-refractivity contribution >= 4 is 28.6 Å². The highest BCUT2D eigenvalue weighted by Crippen LogP contribution is 2.27. The number of hydrogen-bond acceptors (Lipinski definition) is 2. The molecular formula is C10H11BrF2OS. The Bertz CT molecular complexity index is 320. The van der Waals surface area contributed by atoms with E-state index in [1.54, 1.807) is 12.1 Å². The van der Waals surface area contributed by atoms with Gasteiger partial charge in [0.15, 0.2) is 0 Å². The summed E-state index contributed by atoms with van der Waals surface area (Å²) in [6.45, 7) is -2.79. The van der Waals surface area contributed by atoms with Crippen molar-refractivity contribution in [2.75, 3.05) is 5.33 Å². The van der Waals surface area contributed by atoms with Gasteiger partial charge in [0, 0.05) is 15.8 Å². The summed E-state index contributed by atoms with van der Waals surface area (Å²) >= 11 is 7.52. The Morgan fingerprint density at radius 3 is 2.73 bits per heavy atom. The molecule has 0 atom stereocenters. The Balaban J connectivity index is 2.87. The van der Waals surface area contributed by atoms with Crippen LogP contribution < -0.4 is 4.74 Å². The van der Waals surface area contributed by atoms with Gasteiger partial charge in [0.25, 0.3) is 0 Å². The molecule has 0 saturated carbocycles. The van der Waals surface area contributed by atoms with Crippen LogP contribution in [0.4, 0.5) is 8.78 Å². The third-order valence-electron chi connectivity index (χ3n) is 1.88. The highest BCUT2D eigenvalue weighted by molar-refractivity contribution is 9.09. The van der Waals surface area contributed by atoms with Gasteiger partial charge in [-0.05, 0) is 25.0 Å². The zero-order chi connectivity index (χ0) is 11.3. The molecule has 0 spiro atoms. The van der Waals surface area contributed by atoms with Crippen molar-refractivity contribution in [1.82, 2.24) is 0 Å². The number of ether oxygens (including phenoxy) is 1. The molecule has 1 aromatic rings. The number of hydrogen-bond donors (Lipinski definition) is 1. The van der Waals surface area contributed by atoms with Gasteiger partial charge in [0.05, 0.1) is 0 Å². The minimum absolute atomic E-state index is 0.221. The molecule has 0 radical (unpaired) electrons. The van der Waals surface area contributed by atoms with Gasteiger partial charge >= 0.3 is 6.61 Å². The summed E-state index contributed by atoms with van der Waals surface area (Å²) in [4.78, 5) is 0.689. The Labute approximate surface area is 101 Å². The number of alkyl halides is 3. The van der Waals surface area contributed by atoms with Crippen molar-refractivity contribution in [3.8, 4) is 5.75 Å². The maximum atomic E-state index is 12.1. The summed E-state index contributed by atoms with van der Waals surface area (Å²) < 4.78 is 28.6. The first-order valence-corrected chi connectivity index (χ1v) is 6.03. The first kappa shape index (κ1) is 12.8. The van der Waals surface area contributed by atoms with Gasteiger partial charge in [-0.3, -0.25) is 0 Å². The van der Waals surface area contributed by atoms with E-state index >= 15 is 0 Å². The third-order valence-corrected chi connectivity index (χ3v) is 2.86. The predicted octanol–water partition coefficient (Wildman–Crippen LogP) is 3.90. The van der Waals surface area contributed by atoms with E-state index in [1.165, 1.54) is 6.07 Å².